The molecular formula is C20H21ClN4O3S. The Hall–Kier alpha value is -2.42. The standard InChI is InChI=1S/C20H21ClN4O3S/c1-24-18-9-8-15(21)13-17(18)22-20(24)23-19(26)14-6-5-7-16(12-14)29(27,28)25-10-3-2-4-11-25/h5-9,12-13H,2-4,10-11H2,1H3,(H,22,23,26). The minimum absolute atomic E-state index is 0.129. The number of nitrogens with one attached hydrogen (secondary N) is 1. The molecule has 1 amide bonds. The van der Waals surface area contributed by atoms with Gasteiger partial charge in [-0.25, -0.2) is 13.4 Å². The quantitative estimate of drug-likeness (QED) is 0.681. The van der Waals surface area contributed by atoms with E-state index in [1.54, 1.807) is 35.9 Å². The Morgan fingerprint density at radius 2 is 1.86 bits per heavy atom. The van der Waals surface area contributed by atoms with Crippen molar-refractivity contribution in [1.29, 1.82) is 0 Å². The van der Waals surface area contributed by atoms with Crippen LogP contribution in [0.25, 0.3) is 11.0 Å². The topological polar surface area (TPSA) is 84.3 Å². The molecule has 2 aromatic carbocycles. The van der Waals surface area contributed by atoms with Crippen LogP contribution in [0.2, 0.25) is 5.02 Å². The van der Waals surface area contributed by atoms with Crippen LogP contribution in [0.1, 0.15) is 29.6 Å². The van der Waals surface area contributed by atoms with E-state index in [1.165, 1.54) is 16.4 Å². The molecule has 7 nitrogen and oxygen atoms in total. The molecule has 0 unspecified atom stereocenters. The number of nitrogens with zero attached hydrogens (tertiary/aromatic N) is 3. The summed E-state index contributed by atoms with van der Waals surface area (Å²) >= 11 is 6.01. The van der Waals surface area contributed by atoms with Gasteiger partial charge in [-0.15, -0.1) is 0 Å². The van der Waals surface area contributed by atoms with Crippen molar-refractivity contribution in [1.82, 2.24) is 13.9 Å². The average Bonchev–Trinajstić information content (AvgIpc) is 3.03. The minimum Gasteiger partial charge on any atom is -0.313 e. The van der Waals surface area contributed by atoms with Crippen molar-refractivity contribution in [3.8, 4) is 0 Å². The van der Waals surface area contributed by atoms with Gasteiger partial charge in [0.15, 0.2) is 0 Å². The highest BCUT2D eigenvalue weighted by atomic mass is 35.5. The summed E-state index contributed by atoms with van der Waals surface area (Å²) in [6.45, 7) is 1.03. The van der Waals surface area contributed by atoms with E-state index in [2.05, 4.69) is 10.3 Å². The third-order valence-electron chi connectivity index (χ3n) is 5.12. The number of benzene rings is 2. The van der Waals surface area contributed by atoms with Crippen molar-refractivity contribution in [3.63, 3.8) is 0 Å². The zero-order valence-corrected chi connectivity index (χ0v) is 17.5. The van der Waals surface area contributed by atoms with E-state index in [0.29, 0.717) is 29.6 Å². The number of hydrogen-bond acceptors (Lipinski definition) is 4. The molecule has 1 aromatic heterocycles. The van der Waals surface area contributed by atoms with Crippen LogP contribution in [0.3, 0.4) is 0 Å². The van der Waals surface area contributed by atoms with Crippen LogP contribution in [0.15, 0.2) is 47.4 Å². The number of carbonyl (C=O) groups is 1. The Bertz CT molecular complexity index is 1180. The van der Waals surface area contributed by atoms with Gasteiger partial charge in [-0.3, -0.25) is 10.1 Å². The molecule has 4 rings (SSSR count). The lowest BCUT2D eigenvalue weighted by atomic mass is 10.2. The first kappa shape index (κ1) is 19.9. The summed E-state index contributed by atoms with van der Waals surface area (Å²) in [5, 5.41) is 3.31. The largest absolute Gasteiger partial charge is 0.313 e. The molecule has 9 heteroatoms. The van der Waals surface area contributed by atoms with Crippen molar-refractivity contribution in [2.24, 2.45) is 7.05 Å². The lowest BCUT2D eigenvalue weighted by Gasteiger charge is -2.26. The molecule has 0 atom stereocenters. The number of amides is 1. The molecule has 1 aliphatic rings. The predicted molar refractivity (Wildman–Crippen MR) is 113 cm³/mol. The second kappa shape index (κ2) is 7.78. The lowest BCUT2D eigenvalue weighted by Crippen LogP contribution is -2.35. The summed E-state index contributed by atoms with van der Waals surface area (Å²) in [4.78, 5) is 17.3. The van der Waals surface area contributed by atoms with Gasteiger partial charge in [-0.2, -0.15) is 4.31 Å². The van der Waals surface area contributed by atoms with Crippen LogP contribution in [-0.2, 0) is 17.1 Å². The van der Waals surface area contributed by atoms with Gasteiger partial charge in [0.05, 0.1) is 15.9 Å². The van der Waals surface area contributed by atoms with Crippen LogP contribution in [-0.4, -0.2) is 41.3 Å². The molecule has 1 fully saturated rings. The van der Waals surface area contributed by atoms with E-state index >= 15 is 0 Å². The highest BCUT2D eigenvalue weighted by Gasteiger charge is 2.26. The maximum absolute atomic E-state index is 12.9. The number of piperidine rings is 1. The highest BCUT2D eigenvalue weighted by Crippen LogP contribution is 2.24. The van der Waals surface area contributed by atoms with Crippen molar-refractivity contribution in [2.45, 2.75) is 24.2 Å². The normalized spacial score (nSPS) is 15.5. The van der Waals surface area contributed by atoms with E-state index in [4.69, 9.17) is 11.6 Å². The Labute approximate surface area is 174 Å². The fourth-order valence-electron chi connectivity index (χ4n) is 3.51. The summed E-state index contributed by atoms with van der Waals surface area (Å²) in [5.41, 5.74) is 1.75. The average molecular weight is 433 g/mol. The smallest absolute Gasteiger partial charge is 0.258 e. The Morgan fingerprint density at radius 1 is 1.10 bits per heavy atom. The maximum Gasteiger partial charge on any atom is 0.258 e. The monoisotopic (exact) mass is 432 g/mol. The van der Waals surface area contributed by atoms with Crippen molar-refractivity contribution < 1.29 is 13.2 Å². The maximum atomic E-state index is 12.9. The first-order chi connectivity index (χ1) is 13.9. The van der Waals surface area contributed by atoms with Gasteiger partial charge in [0.25, 0.3) is 5.91 Å². The number of hydrogen-bond donors (Lipinski definition) is 1. The summed E-state index contributed by atoms with van der Waals surface area (Å²) < 4.78 is 29.0. The van der Waals surface area contributed by atoms with Crippen LogP contribution in [0, 0.1) is 0 Å². The Kier molecular flexibility index (Phi) is 5.33. The molecule has 0 saturated carbocycles. The zero-order chi connectivity index (χ0) is 20.6. The number of aryl methyl sites for hydroxylation is 1. The molecule has 2 heterocycles. The Morgan fingerprint density at radius 3 is 2.62 bits per heavy atom. The summed E-state index contributed by atoms with van der Waals surface area (Å²) in [6, 6.07) is 11.4. The van der Waals surface area contributed by atoms with E-state index in [1.807, 2.05) is 6.07 Å². The molecular weight excluding hydrogens is 412 g/mol. The Balaban J connectivity index is 1.60. The number of sulfonamides is 1. The second-order valence-electron chi connectivity index (χ2n) is 7.07. The fourth-order valence-corrected chi connectivity index (χ4v) is 5.24. The number of carbonyl (C=O) groups excluding carboxylic acids is 1. The third-order valence-corrected chi connectivity index (χ3v) is 7.25. The molecule has 1 aliphatic heterocycles. The lowest BCUT2D eigenvalue weighted by molar-refractivity contribution is 0.102. The molecule has 29 heavy (non-hydrogen) atoms. The van der Waals surface area contributed by atoms with E-state index < -0.39 is 15.9 Å². The molecule has 1 saturated heterocycles. The third kappa shape index (κ3) is 3.88. The van der Waals surface area contributed by atoms with Crippen LogP contribution in [0.4, 0.5) is 5.95 Å². The van der Waals surface area contributed by atoms with Crippen molar-refractivity contribution >= 4 is 44.5 Å². The highest BCUT2D eigenvalue weighted by molar-refractivity contribution is 7.89. The zero-order valence-electron chi connectivity index (χ0n) is 15.9. The van der Waals surface area contributed by atoms with Gasteiger partial charge >= 0.3 is 0 Å². The summed E-state index contributed by atoms with van der Waals surface area (Å²) in [7, 11) is -1.82. The van der Waals surface area contributed by atoms with Gasteiger partial charge in [0.2, 0.25) is 16.0 Å². The van der Waals surface area contributed by atoms with Gasteiger partial charge in [0.1, 0.15) is 0 Å². The van der Waals surface area contributed by atoms with Crippen molar-refractivity contribution in [2.75, 3.05) is 18.4 Å². The summed E-state index contributed by atoms with van der Waals surface area (Å²) in [6.07, 6.45) is 2.75. The summed E-state index contributed by atoms with van der Waals surface area (Å²) in [5.74, 6) is -0.0678. The fraction of sp³-hybridized carbons (Fsp3) is 0.300. The molecule has 0 spiro atoms. The SMILES string of the molecule is Cn1c(NC(=O)c2cccc(S(=O)(=O)N3CCCCC3)c2)nc2cc(Cl)ccc21. The number of anilines is 1. The van der Waals surface area contributed by atoms with Gasteiger partial charge in [-0.05, 0) is 49.2 Å². The van der Waals surface area contributed by atoms with Crippen LogP contribution >= 0.6 is 11.6 Å². The van der Waals surface area contributed by atoms with E-state index in [-0.39, 0.29) is 10.5 Å². The second-order valence-corrected chi connectivity index (χ2v) is 9.45. The van der Waals surface area contributed by atoms with E-state index in [9.17, 15) is 13.2 Å². The van der Waals surface area contributed by atoms with Crippen molar-refractivity contribution in [3.05, 3.63) is 53.1 Å². The number of imidazole rings is 1. The van der Waals surface area contributed by atoms with Gasteiger partial charge < -0.3 is 4.57 Å². The van der Waals surface area contributed by atoms with Gasteiger partial charge in [-0.1, -0.05) is 24.1 Å². The van der Waals surface area contributed by atoms with Gasteiger partial charge in [0, 0.05) is 30.7 Å². The molecule has 0 aliphatic carbocycles. The molecule has 0 radical (unpaired) electrons. The van der Waals surface area contributed by atoms with Crippen LogP contribution < -0.4 is 5.32 Å². The minimum atomic E-state index is -3.61. The first-order valence-electron chi connectivity index (χ1n) is 9.40. The first-order valence-corrected chi connectivity index (χ1v) is 11.2. The molecule has 1 N–H and O–H groups in total. The number of rotatable bonds is 4. The number of aromatic nitrogens is 2. The molecule has 152 valence electrons. The number of fused-ring (bicyclic) bond motifs is 1. The molecule has 0 bridgehead atoms. The number of halogens is 1. The molecule has 3 aromatic rings. The van der Waals surface area contributed by atoms with Crippen LogP contribution in [0.5, 0.6) is 0 Å². The van der Waals surface area contributed by atoms with E-state index in [0.717, 1.165) is 24.8 Å². The predicted octanol–water partition coefficient (Wildman–Crippen LogP) is 3.65.